The van der Waals surface area contributed by atoms with Crippen molar-refractivity contribution in [2.45, 2.75) is 13.1 Å². The third-order valence-electron chi connectivity index (χ3n) is 5.72. The third kappa shape index (κ3) is 5.24. The number of rotatable bonds is 8. The number of pyridine rings is 1. The lowest BCUT2D eigenvalue weighted by Crippen LogP contribution is -2.23. The normalized spacial score (nSPS) is 11.2. The van der Waals surface area contributed by atoms with Gasteiger partial charge in [0.2, 0.25) is 5.95 Å². The van der Waals surface area contributed by atoms with Crippen LogP contribution in [0.4, 0.5) is 5.95 Å². The van der Waals surface area contributed by atoms with Gasteiger partial charge >= 0.3 is 0 Å². The first-order chi connectivity index (χ1) is 17.4. The van der Waals surface area contributed by atoms with Gasteiger partial charge in [-0.1, -0.05) is 36.9 Å². The summed E-state index contributed by atoms with van der Waals surface area (Å²) in [5.74, 6) is 0.627. The molecule has 5 aromatic rings. The van der Waals surface area contributed by atoms with E-state index >= 15 is 0 Å². The van der Waals surface area contributed by atoms with Crippen LogP contribution in [0.3, 0.4) is 0 Å². The number of hydrogen-bond donors (Lipinski definition) is 2. The van der Waals surface area contributed by atoms with Gasteiger partial charge in [0.25, 0.3) is 5.56 Å². The van der Waals surface area contributed by atoms with E-state index in [9.17, 15) is 4.79 Å². The van der Waals surface area contributed by atoms with Crippen LogP contribution < -0.4 is 10.9 Å². The number of nitrogens with zero attached hydrogens (tertiary/aromatic N) is 5. The maximum absolute atomic E-state index is 12.6. The second kappa shape index (κ2) is 9.97. The minimum absolute atomic E-state index is 0.166. The molecule has 0 amide bonds. The van der Waals surface area contributed by atoms with E-state index < -0.39 is 0 Å². The smallest absolute Gasteiger partial charge is 0.267 e. The van der Waals surface area contributed by atoms with Gasteiger partial charge in [-0.2, -0.15) is 5.10 Å². The second-order valence-electron chi connectivity index (χ2n) is 8.94. The number of anilines is 1. The maximum Gasteiger partial charge on any atom is 0.267 e. The Hall–Kier alpha value is -4.56. The Morgan fingerprint density at radius 2 is 1.89 bits per heavy atom. The Morgan fingerprint density at radius 3 is 2.72 bits per heavy atom. The molecule has 3 heterocycles. The summed E-state index contributed by atoms with van der Waals surface area (Å²) in [5, 5.41) is 7.87. The molecule has 2 N–H and O–H groups in total. The standard InChI is InChI=1S/C28H27N7O/c1-19(30-28-31-25-9-4-5-10-26(25)32-28)22-8-6-7-20(13-22)18-35-27(36)12-11-24(33-35)23-14-21(15-29-16-23)17-34(2)3/h4-16H,1,17-18H2,2-3H3,(H2,30,31,32). The number of hydrogen-bond acceptors (Lipinski definition) is 6. The van der Waals surface area contributed by atoms with E-state index in [1.807, 2.05) is 68.8 Å². The van der Waals surface area contributed by atoms with Gasteiger partial charge in [-0.15, -0.1) is 0 Å². The quantitative estimate of drug-likeness (QED) is 0.345. The average molecular weight is 478 g/mol. The number of imidazole rings is 1. The molecule has 5 rings (SSSR count). The fraction of sp³-hybridized carbons (Fsp3) is 0.143. The summed E-state index contributed by atoms with van der Waals surface area (Å²) in [6.45, 7) is 5.29. The molecule has 0 radical (unpaired) electrons. The largest absolute Gasteiger partial charge is 0.326 e. The van der Waals surface area contributed by atoms with E-state index in [1.54, 1.807) is 18.3 Å². The van der Waals surface area contributed by atoms with Crippen LogP contribution in [-0.4, -0.2) is 43.7 Å². The molecule has 3 aromatic heterocycles. The summed E-state index contributed by atoms with van der Waals surface area (Å²) in [7, 11) is 4.03. The van der Waals surface area contributed by atoms with Crippen LogP contribution >= 0.6 is 0 Å². The number of fused-ring (bicyclic) bond motifs is 1. The summed E-state index contributed by atoms with van der Waals surface area (Å²) in [4.78, 5) is 26.8. The molecule has 0 saturated carbocycles. The highest BCUT2D eigenvalue weighted by Crippen LogP contribution is 2.20. The maximum atomic E-state index is 12.6. The molecule has 0 unspecified atom stereocenters. The lowest BCUT2D eigenvalue weighted by Gasteiger charge is -2.12. The summed E-state index contributed by atoms with van der Waals surface area (Å²) in [5.41, 5.74) is 6.87. The Labute approximate surface area is 209 Å². The molecule has 0 bridgehead atoms. The number of para-hydroxylation sites is 2. The summed E-state index contributed by atoms with van der Waals surface area (Å²) in [6.07, 6.45) is 3.61. The second-order valence-corrected chi connectivity index (χ2v) is 8.94. The molecule has 0 saturated heterocycles. The van der Waals surface area contributed by atoms with Gasteiger partial charge in [0, 0.05) is 36.3 Å². The molecule has 8 heteroatoms. The van der Waals surface area contributed by atoms with Gasteiger partial charge in [-0.3, -0.25) is 9.78 Å². The molecule has 36 heavy (non-hydrogen) atoms. The molecular weight excluding hydrogens is 450 g/mol. The zero-order chi connectivity index (χ0) is 25.1. The topological polar surface area (TPSA) is 91.7 Å². The average Bonchev–Trinajstić information content (AvgIpc) is 3.27. The van der Waals surface area contributed by atoms with Crippen LogP contribution in [0.1, 0.15) is 16.7 Å². The zero-order valence-corrected chi connectivity index (χ0v) is 20.3. The van der Waals surface area contributed by atoms with Crippen molar-refractivity contribution in [2.75, 3.05) is 19.4 Å². The number of benzene rings is 2. The number of nitrogens with one attached hydrogen (secondary N) is 2. The highest BCUT2D eigenvalue weighted by Gasteiger charge is 2.09. The first-order valence-electron chi connectivity index (χ1n) is 11.6. The summed E-state index contributed by atoms with van der Waals surface area (Å²) >= 11 is 0. The van der Waals surface area contributed by atoms with E-state index in [-0.39, 0.29) is 5.56 Å². The molecule has 0 aliphatic heterocycles. The minimum atomic E-state index is -0.166. The Bertz CT molecular complexity index is 1570. The van der Waals surface area contributed by atoms with Gasteiger partial charge in [0.1, 0.15) is 0 Å². The van der Waals surface area contributed by atoms with E-state index in [2.05, 4.69) is 42.9 Å². The predicted molar refractivity (Wildman–Crippen MR) is 143 cm³/mol. The van der Waals surface area contributed by atoms with Crippen molar-refractivity contribution in [2.24, 2.45) is 0 Å². The minimum Gasteiger partial charge on any atom is -0.326 e. The molecule has 0 spiro atoms. The zero-order valence-electron chi connectivity index (χ0n) is 20.3. The van der Waals surface area contributed by atoms with Gasteiger partial charge < -0.3 is 15.2 Å². The molecule has 0 fully saturated rings. The van der Waals surface area contributed by atoms with E-state index in [0.29, 0.717) is 23.9 Å². The number of aromatic amines is 1. The fourth-order valence-electron chi connectivity index (χ4n) is 4.05. The van der Waals surface area contributed by atoms with Crippen LogP contribution in [0, 0.1) is 0 Å². The van der Waals surface area contributed by atoms with E-state index in [0.717, 1.165) is 39.8 Å². The van der Waals surface area contributed by atoms with Crippen LogP contribution in [0.5, 0.6) is 0 Å². The highest BCUT2D eigenvalue weighted by atomic mass is 16.1. The van der Waals surface area contributed by atoms with Crippen LogP contribution in [-0.2, 0) is 13.1 Å². The van der Waals surface area contributed by atoms with Crippen molar-refractivity contribution in [3.63, 3.8) is 0 Å². The lowest BCUT2D eigenvalue weighted by molar-refractivity contribution is 0.402. The molecule has 0 aliphatic carbocycles. The van der Waals surface area contributed by atoms with Crippen molar-refractivity contribution >= 4 is 22.7 Å². The molecule has 2 aromatic carbocycles. The van der Waals surface area contributed by atoms with Crippen molar-refractivity contribution in [1.82, 2.24) is 29.6 Å². The first-order valence-corrected chi connectivity index (χ1v) is 11.6. The van der Waals surface area contributed by atoms with Gasteiger partial charge in [-0.05, 0) is 61.1 Å². The molecule has 8 nitrogen and oxygen atoms in total. The monoisotopic (exact) mass is 477 g/mol. The van der Waals surface area contributed by atoms with Crippen molar-refractivity contribution < 1.29 is 0 Å². The summed E-state index contributed by atoms with van der Waals surface area (Å²) < 4.78 is 1.47. The molecule has 0 aliphatic rings. The summed E-state index contributed by atoms with van der Waals surface area (Å²) in [6, 6.07) is 21.1. The molecule has 0 atom stereocenters. The number of H-pyrrole nitrogens is 1. The highest BCUT2D eigenvalue weighted by molar-refractivity contribution is 5.81. The third-order valence-corrected chi connectivity index (χ3v) is 5.72. The molecule has 180 valence electrons. The Morgan fingerprint density at radius 1 is 1.03 bits per heavy atom. The Balaban J connectivity index is 1.35. The lowest BCUT2D eigenvalue weighted by atomic mass is 10.1. The van der Waals surface area contributed by atoms with Gasteiger partial charge in [0.05, 0.1) is 23.3 Å². The molecular formula is C28H27N7O. The first kappa shape index (κ1) is 23.2. The van der Waals surface area contributed by atoms with Crippen LogP contribution in [0.2, 0.25) is 0 Å². The fourth-order valence-corrected chi connectivity index (χ4v) is 4.05. The van der Waals surface area contributed by atoms with Crippen LogP contribution in [0.25, 0.3) is 28.0 Å². The number of aromatic nitrogens is 5. The predicted octanol–water partition coefficient (Wildman–Crippen LogP) is 4.37. The van der Waals surface area contributed by atoms with Gasteiger partial charge in [0.15, 0.2) is 0 Å². The van der Waals surface area contributed by atoms with Crippen molar-refractivity contribution in [3.8, 4) is 11.3 Å². The van der Waals surface area contributed by atoms with E-state index in [4.69, 9.17) is 0 Å². The van der Waals surface area contributed by atoms with Gasteiger partial charge in [-0.25, -0.2) is 9.67 Å². The Kier molecular flexibility index (Phi) is 6.42. The van der Waals surface area contributed by atoms with Crippen molar-refractivity contribution in [3.05, 3.63) is 113 Å². The van der Waals surface area contributed by atoms with Crippen molar-refractivity contribution in [1.29, 1.82) is 0 Å². The SMILES string of the molecule is C=C(Nc1nc2ccccc2[nH]1)c1cccc(Cn2nc(-c3cncc(CN(C)C)c3)ccc2=O)c1. The van der Waals surface area contributed by atoms with E-state index in [1.165, 1.54) is 4.68 Å². The van der Waals surface area contributed by atoms with Crippen LogP contribution in [0.15, 0.2) is 90.5 Å².